The minimum Gasteiger partial charge on any atom is -0.304 e. The van der Waals surface area contributed by atoms with Gasteiger partial charge in [0.1, 0.15) is 0 Å². The monoisotopic (exact) mass is 317 g/mol. The number of halogens is 1. The van der Waals surface area contributed by atoms with E-state index in [-0.39, 0.29) is 12.4 Å². The number of hydrogen-bond donors (Lipinski definition) is 0. The van der Waals surface area contributed by atoms with E-state index in [1.54, 1.807) is 0 Å². The fraction of sp³-hybridized carbons (Fsp3) is 0.400. The van der Waals surface area contributed by atoms with Crippen LogP contribution in [0.5, 0.6) is 0 Å². The lowest BCUT2D eigenvalue weighted by molar-refractivity contribution is 0.243. The van der Waals surface area contributed by atoms with Crippen LogP contribution in [-0.4, -0.2) is 24.5 Å². The molecule has 0 radical (unpaired) electrons. The highest BCUT2D eigenvalue weighted by molar-refractivity contribution is 5.85. The largest absolute Gasteiger partial charge is 0.304 e. The van der Waals surface area contributed by atoms with Crippen molar-refractivity contribution in [2.75, 3.05) is 13.6 Å². The smallest absolute Gasteiger partial charge is 0.00670 e. The van der Waals surface area contributed by atoms with Gasteiger partial charge in [-0.2, -0.15) is 0 Å². The van der Waals surface area contributed by atoms with Gasteiger partial charge in [0.05, 0.1) is 0 Å². The third kappa shape index (κ3) is 6.64. The lowest BCUT2D eigenvalue weighted by Gasteiger charge is -2.24. The van der Waals surface area contributed by atoms with Gasteiger partial charge in [-0.25, -0.2) is 0 Å². The van der Waals surface area contributed by atoms with Gasteiger partial charge in [-0.15, -0.1) is 12.4 Å². The molecule has 0 fully saturated rings. The fourth-order valence-corrected chi connectivity index (χ4v) is 2.64. The highest BCUT2D eigenvalue weighted by Crippen LogP contribution is 2.10. The molecular formula is C20H28ClN. The number of nitrogens with zero attached hydrogens (tertiary/aromatic N) is 1. The van der Waals surface area contributed by atoms with Crippen molar-refractivity contribution < 1.29 is 0 Å². The maximum Gasteiger partial charge on any atom is 0.00670 e. The van der Waals surface area contributed by atoms with Crippen molar-refractivity contribution in [1.29, 1.82) is 0 Å². The van der Waals surface area contributed by atoms with E-state index in [9.17, 15) is 0 Å². The zero-order chi connectivity index (χ0) is 14.9. The van der Waals surface area contributed by atoms with Gasteiger partial charge in [0.15, 0.2) is 0 Å². The summed E-state index contributed by atoms with van der Waals surface area (Å²) in [5, 5.41) is 0. The van der Waals surface area contributed by atoms with Gasteiger partial charge in [0.25, 0.3) is 0 Å². The van der Waals surface area contributed by atoms with Gasteiger partial charge in [0, 0.05) is 6.04 Å². The van der Waals surface area contributed by atoms with Gasteiger partial charge in [-0.05, 0) is 57.3 Å². The summed E-state index contributed by atoms with van der Waals surface area (Å²) in [6.07, 6.45) is 4.81. The second-order valence-corrected chi connectivity index (χ2v) is 5.94. The van der Waals surface area contributed by atoms with Crippen molar-refractivity contribution in [3.8, 4) is 0 Å². The first-order chi connectivity index (χ1) is 10.3. The summed E-state index contributed by atoms with van der Waals surface area (Å²) in [5.41, 5.74) is 2.89. The SMILES string of the molecule is CC(CCc1ccccc1)N(C)CCCc1ccccc1.Cl. The molecule has 22 heavy (non-hydrogen) atoms. The van der Waals surface area contributed by atoms with E-state index in [1.165, 1.54) is 43.4 Å². The van der Waals surface area contributed by atoms with E-state index in [1.807, 2.05) is 0 Å². The molecule has 0 aliphatic rings. The first-order valence-corrected chi connectivity index (χ1v) is 8.04. The van der Waals surface area contributed by atoms with Gasteiger partial charge < -0.3 is 4.90 Å². The molecule has 0 bridgehead atoms. The van der Waals surface area contributed by atoms with Gasteiger partial charge in [-0.1, -0.05) is 60.7 Å². The summed E-state index contributed by atoms with van der Waals surface area (Å²) in [4.78, 5) is 2.49. The minimum absolute atomic E-state index is 0. The van der Waals surface area contributed by atoms with Crippen LogP contribution < -0.4 is 0 Å². The predicted molar refractivity (Wildman–Crippen MR) is 98.9 cm³/mol. The van der Waals surface area contributed by atoms with E-state index in [4.69, 9.17) is 0 Å². The molecule has 0 aliphatic carbocycles. The average molecular weight is 318 g/mol. The van der Waals surface area contributed by atoms with Crippen molar-refractivity contribution in [2.45, 2.75) is 38.6 Å². The van der Waals surface area contributed by atoms with Gasteiger partial charge in [0.2, 0.25) is 0 Å². The number of hydrogen-bond acceptors (Lipinski definition) is 1. The van der Waals surface area contributed by atoms with Crippen molar-refractivity contribution in [2.24, 2.45) is 0 Å². The third-order valence-corrected chi connectivity index (χ3v) is 4.27. The number of benzene rings is 2. The predicted octanol–water partition coefficient (Wildman–Crippen LogP) is 4.99. The summed E-state index contributed by atoms with van der Waals surface area (Å²) in [7, 11) is 2.25. The number of aryl methyl sites for hydroxylation is 2. The molecule has 0 amide bonds. The van der Waals surface area contributed by atoms with E-state index in [0.717, 1.165) is 0 Å². The summed E-state index contributed by atoms with van der Waals surface area (Å²) in [6, 6.07) is 22.2. The standard InChI is InChI=1S/C20H27N.ClH/c1-18(15-16-20-12-7-4-8-13-20)21(2)17-9-14-19-10-5-3-6-11-19;/h3-8,10-13,18H,9,14-17H2,1-2H3;1H. The van der Waals surface area contributed by atoms with Crippen molar-refractivity contribution in [3.63, 3.8) is 0 Å². The Morgan fingerprint density at radius 3 is 1.86 bits per heavy atom. The van der Waals surface area contributed by atoms with Crippen LogP contribution in [0.15, 0.2) is 60.7 Å². The quantitative estimate of drug-likeness (QED) is 0.662. The third-order valence-electron chi connectivity index (χ3n) is 4.27. The molecule has 0 spiro atoms. The normalized spacial score (nSPS) is 12.0. The maximum atomic E-state index is 2.49. The summed E-state index contributed by atoms with van der Waals surface area (Å²) in [6.45, 7) is 3.51. The van der Waals surface area contributed by atoms with E-state index in [0.29, 0.717) is 6.04 Å². The van der Waals surface area contributed by atoms with Crippen molar-refractivity contribution in [1.82, 2.24) is 4.90 Å². The molecule has 0 saturated heterocycles. The van der Waals surface area contributed by atoms with Crippen molar-refractivity contribution in [3.05, 3.63) is 71.8 Å². The summed E-state index contributed by atoms with van der Waals surface area (Å²) >= 11 is 0. The zero-order valence-corrected chi connectivity index (χ0v) is 14.6. The van der Waals surface area contributed by atoms with Crippen LogP contribution in [0.4, 0.5) is 0 Å². The molecule has 0 heterocycles. The molecule has 0 N–H and O–H groups in total. The van der Waals surface area contributed by atoms with Crippen molar-refractivity contribution >= 4 is 12.4 Å². The Morgan fingerprint density at radius 2 is 1.32 bits per heavy atom. The second kappa shape index (κ2) is 10.4. The molecule has 2 aromatic carbocycles. The molecule has 2 rings (SSSR count). The molecule has 0 aromatic heterocycles. The molecule has 1 unspecified atom stereocenters. The molecule has 2 heteroatoms. The molecule has 0 saturated carbocycles. The van der Waals surface area contributed by atoms with Crippen LogP contribution in [0.3, 0.4) is 0 Å². The highest BCUT2D eigenvalue weighted by atomic mass is 35.5. The fourth-order valence-electron chi connectivity index (χ4n) is 2.64. The Labute approximate surface area is 141 Å². The van der Waals surface area contributed by atoms with Crippen LogP contribution >= 0.6 is 12.4 Å². The van der Waals surface area contributed by atoms with Crippen LogP contribution in [0.2, 0.25) is 0 Å². The lowest BCUT2D eigenvalue weighted by atomic mass is 10.0. The highest BCUT2D eigenvalue weighted by Gasteiger charge is 2.08. The molecule has 1 nitrogen and oxygen atoms in total. The van der Waals surface area contributed by atoms with Crippen LogP contribution in [0, 0.1) is 0 Å². The molecule has 1 atom stereocenters. The van der Waals surface area contributed by atoms with E-state index >= 15 is 0 Å². The maximum absolute atomic E-state index is 2.49. The zero-order valence-electron chi connectivity index (χ0n) is 13.7. The van der Waals surface area contributed by atoms with Crippen LogP contribution in [0.1, 0.15) is 30.9 Å². The molecule has 2 aromatic rings. The molecular weight excluding hydrogens is 290 g/mol. The Morgan fingerprint density at radius 1 is 0.818 bits per heavy atom. The summed E-state index contributed by atoms with van der Waals surface area (Å²) in [5.74, 6) is 0. The summed E-state index contributed by atoms with van der Waals surface area (Å²) < 4.78 is 0. The lowest BCUT2D eigenvalue weighted by Crippen LogP contribution is -2.30. The van der Waals surface area contributed by atoms with Gasteiger partial charge in [-0.3, -0.25) is 0 Å². The first-order valence-electron chi connectivity index (χ1n) is 8.04. The van der Waals surface area contributed by atoms with E-state index in [2.05, 4.69) is 79.5 Å². The first kappa shape index (κ1) is 18.7. The van der Waals surface area contributed by atoms with Gasteiger partial charge >= 0.3 is 0 Å². The Kier molecular flexibility index (Phi) is 8.88. The number of rotatable bonds is 8. The molecule has 0 aliphatic heterocycles. The van der Waals surface area contributed by atoms with Crippen LogP contribution in [0.25, 0.3) is 0 Å². The average Bonchev–Trinajstić information content (AvgIpc) is 2.54. The topological polar surface area (TPSA) is 3.24 Å². The van der Waals surface area contributed by atoms with Crippen LogP contribution in [-0.2, 0) is 12.8 Å². The Bertz CT molecular complexity index is 498. The second-order valence-electron chi connectivity index (χ2n) is 5.94. The molecule has 120 valence electrons. The van der Waals surface area contributed by atoms with E-state index < -0.39 is 0 Å². The Hall–Kier alpha value is -1.31. The minimum atomic E-state index is 0. The Balaban J connectivity index is 0.00000242.